The Balaban J connectivity index is 2.50. The zero-order valence-electron chi connectivity index (χ0n) is 8.64. The van der Waals surface area contributed by atoms with Crippen LogP contribution in [0.1, 0.15) is 16.8 Å². The minimum absolute atomic E-state index is 0.0756. The van der Waals surface area contributed by atoms with E-state index in [4.69, 9.17) is 5.11 Å². The van der Waals surface area contributed by atoms with Gasteiger partial charge in [-0.2, -0.15) is 0 Å². The van der Waals surface area contributed by atoms with Gasteiger partial charge in [-0.05, 0) is 18.2 Å². The Hall–Kier alpha value is -2.24. The van der Waals surface area contributed by atoms with Gasteiger partial charge in [-0.1, -0.05) is 0 Å². The van der Waals surface area contributed by atoms with Gasteiger partial charge < -0.3 is 10.0 Å². The minimum atomic E-state index is -1.27. The van der Waals surface area contributed by atoms with Crippen LogP contribution in [0.3, 0.4) is 0 Å². The number of carbonyl (C=O) groups is 3. The summed E-state index contributed by atoms with van der Waals surface area (Å²) >= 11 is 0. The lowest BCUT2D eigenvalue weighted by Gasteiger charge is -2.17. The number of hydrogen-bond acceptors (Lipinski definition) is 3. The van der Waals surface area contributed by atoms with Crippen LogP contribution in [0.5, 0.6) is 0 Å². The van der Waals surface area contributed by atoms with Gasteiger partial charge in [0.15, 0.2) is 5.78 Å². The molecule has 0 saturated carbocycles. The van der Waals surface area contributed by atoms with Gasteiger partial charge in [-0.25, -0.2) is 9.18 Å². The number of hydrogen-bond donors (Lipinski definition) is 1. The van der Waals surface area contributed by atoms with E-state index in [-0.39, 0.29) is 30.0 Å². The fourth-order valence-electron chi connectivity index (χ4n) is 1.71. The summed E-state index contributed by atoms with van der Waals surface area (Å²) in [6.45, 7) is -0.206. The van der Waals surface area contributed by atoms with Gasteiger partial charge in [0.25, 0.3) is 0 Å². The maximum absolute atomic E-state index is 13.1. The van der Waals surface area contributed by atoms with E-state index < -0.39 is 17.7 Å². The molecule has 0 aliphatic carbocycles. The SMILES string of the molecule is O=C1CC(=O)N(c2cc(F)ccc2C(=O)O)C1. The molecule has 1 fully saturated rings. The van der Waals surface area contributed by atoms with E-state index in [2.05, 4.69) is 0 Å². The molecule has 5 nitrogen and oxygen atoms in total. The maximum Gasteiger partial charge on any atom is 0.337 e. The molecule has 1 heterocycles. The number of Topliss-reactive ketones (excluding diaryl/α,β-unsaturated/α-hetero) is 1. The van der Waals surface area contributed by atoms with Gasteiger partial charge in [0, 0.05) is 0 Å². The fraction of sp³-hybridized carbons (Fsp3) is 0.182. The number of halogens is 1. The maximum atomic E-state index is 13.1. The predicted molar refractivity (Wildman–Crippen MR) is 55.3 cm³/mol. The van der Waals surface area contributed by atoms with Gasteiger partial charge in [0.05, 0.1) is 24.2 Å². The van der Waals surface area contributed by atoms with E-state index in [0.717, 1.165) is 23.1 Å². The summed E-state index contributed by atoms with van der Waals surface area (Å²) < 4.78 is 13.1. The highest BCUT2D eigenvalue weighted by Crippen LogP contribution is 2.25. The average Bonchev–Trinajstić information content (AvgIpc) is 2.57. The number of aromatic carboxylic acids is 1. The second-order valence-corrected chi connectivity index (χ2v) is 3.66. The van der Waals surface area contributed by atoms with Crippen LogP contribution in [0.15, 0.2) is 18.2 Å². The van der Waals surface area contributed by atoms with Crippen LogP contribution in [-0.2, 0) is 9.59 Å². The molecular formula is C11H8FNO4. The van der Waals surface area contributed by atoms with Crippen LogP contribution in [0.25, 0.3) is 0 Å². The highest BCUT2D eigenvalue weighted by molar-refractivity contribution is 6.16. The Bertz CT molecular complexity index is 526. The number of rotatable bonds is 2. The zero-order chi connectivity index (χ0) is 12.6. The molecule has 6 heteroatoms. The fourth-order valence-corrected chi connectivity index (χ4v) is 1.71. The van der Waals surface area contributed by atoms with Crippen molar-refractivity contribution in [1.82, 2.24) is 0 Å². The lowest BCUT2D eigenvalue weighted by Crippen LogP contribution is -2.26. The van der Waals surface area contributed by atoms with Gasteiger partial charge in [-0.3, -0.25) is 9.59 Å². The van der Waals surface area contributed by atoms with Crippen molar-refractivity contribution in [1.29, 1.82) is 0 Å². The van der Waals surface area contributed by atoms with Crippen molar-refractivity contribution in [2.75, 3.05) is 11.4 Å². The molecule has 1 amide bonds. The Kier molecular flexibility index (Phi) is 2.63. The summed E-state index contributed by atoms with van der Waals surface area (Å²) in [5.74, 6) is -2.75. The van der Waals surface area contributed by atoms with Crippen molar-refractivity contribution >= 4 is 23.3 Å². The van der Waals surface area contributed by atoms with Crippen molar-refractivity contribution in [3.8, 4) is 0 Å². The van der Waals surface area contributed by atoms with Crippen molar-refractivity contribution in [3.63, 3.8) is 0 Å². The van der Waals surface area contributed by atoms with Crippen LogP contribution < -0.4 is 4.90 Å². The molecule has 0 unspecified atom stereocenters. The third kappa shape index (κ3) is 2.01. The molecule has 0 aromatic heterocycles. The first-order chi connectivity index (χ1) is 7.99. The quantitative estimate of drug-likeness (QED) is 0.773. The molecular weight excluding hydrogens is 229 g/mol. The summed E-state index contributed by atoms with van der Waals surface area (Å²) in [7, 11) is 0. The first kappa shape index (κ1) is 11.3. The zero-order valence-corrected chi connectivity index (χ0v) is 8.64. The monoisotopic (exact) mass is 237 g/mol. The number of carboxylic acids is 1. The molecule has 17 heavy (non-hydrogen) atoms. The third-order valence-electron chi connectivity index (χ3n) is 2.46. The second-order valence-electron chi connectivity index (χ2n) is 3.66. The summed E-state index contributed by atoms with van der Waals surface area (Å²) in [6.07, 6.45) is -0.268. The lowest BCUT2D eigenvalue weighted by molar-refractivity contribution is -0.121. The van der Waals surface area contributed by atoms with E-state index >= 15 is 0 Å². The van der Waals surface area contributed by atoms with Crippen LogP contribution in [-0.4, -0.2) is 29.3 Å². The molecule has 1 aromatic carbocycles. The Morgan fingerprint density at radius 2 is 2.06 bits per heavy atom. The molecule has 1 aliphatic heterocycles. The summed E-state index contributed by atoms with van der Waals surface area (Å²) in [5.41, 5.74) is -0.275. The topological polar surface area (TPSA) is 74.7 Å². The summed E-state index contributed by atoms with van der Waals surface area (Å²) in [4.78, 5) is 34.5. The standard InChI is InChI=1S/C11H8FNO4/c12-6-1-2-8(11(16)17)9(3-6)13-5-7(14)4-10(13)15/h1-3H,4-5H2,(H,16,17). The molecule has 1 aromatic rings. The number of ketones is 1. The Morgan fingerprint density at radius 3 is 2.59 bits per heavy atom. The molecule has 2 rings (SSSR count). The molecule has 0 spiro atoms. The number of carboxylic acid groups (broad SMARTS) is 1. The average molecular weight is 237 g/mol. The molecule has 0 radical (unpaired) electrons. The number of carbonyl (C=O) groups excluding carboxylic acids is 2. The highest BCUT2D eigenvalue weighted by Gasteiger charge is 2.31. The first-order valence-electron chi connectivity index (χ1n) is 4.84. The minimum Gasteiger partial charge on any atom is -0.478 e. The second kappa shape index (κ2) is 3.97. The predicted octanol–water partition coefficient (Wildman–Crippen LogP) is 0.830. The normalized spacial score (nSPS) is 15.5. The van der Waals surface area contributed by atoms with E-state index in [0.29, 0.717) is 0 Å². The van der Waals surface area contributed by atoms with Gasteiger partial charge in [0.2, 0.25) is 5.91 Å². The Labute approximate surface area is 95.5 Å². The van der Waals surface area contributed by atoms with Crippen LogP contribution in [0, 0.1) is 5.82 Å². The number of amides is 1. The van der Waals surface area contributed by atoms with E-state index in [1.165, 1.54) is 0 Å². The number of anilines is 1. The van der Waals surface area contributed by atoms with Gasteiger partial charge in [0.1, 0.15) is 5.82 Å². The smallest absolute Gasteiger partial charge is 0.337 e. The molecule has 1 aliphatic rings. The molecule has 88 valence electrons. The highest BCUT2D eigenvalue weighted by atomic mass is 19.1. The summed E-state index contributed by atoms with van der Waals surface area (Å²) in [6, 6.07) is 3.01. The largest absolute Gasteiger partial charge is 0.478 e. The lowest BCUT2D eigenvalue weighted by atomic mass is 10.1. The van der Waals surface area contributed by atoms with Gasteiger partial charge in [-0.15, -0.1) is 0 Å². The molecule has 0 atom stereocenters. The van der Waals surface area contributed by atoms with Crippen molar-refractivity contribution in [3.05, 3.63) is 29.6 Å². The van der Waals surface area contributed by atoms with Crippen LogP contribution in [0.4, 0.5) is 10.1 Å². The molecule has 1 N–H and O–H groups in total. The van der Waals surface area contributed by atoms with Crippen LogP contribution >= 0.6 is 0 Å². The molecule has 1 saturated heterocycles. The van der Waals surface area contributed by atoms with Crippen molar-refractivity contribution in [2.24, 2.45) is 0 Å². The Morgan fingerprint density at radius 1 is 1.35 bits per heavy atom. The van der Waals surface area contributed by atoms with E-state index in [1.54, 1.807) is 0 Å². The van der Waals surface area contributed by atoms with Crippen LogP contribution in [0.2, 0.25) is 0 Å². The first-order valence-corrected chi connectivity index (χ1v) is 4.84. The van der Waals surface area contributed by atoms with Crippen molar-refractivity contribution in [2.45, 2.75) is 6.42 Å². The number of benzene rings is 1. The van der Waals surface area contributed by atoms with E-state index in [9.17, 15) is 18.8 Å². The van der Waals surface area contributed by atoms with Crippen molar-refractivity contribution < 1.29 is 23.9 Å². The molecule has 0 bridgehead atoms. The summed E-state index contributed by atoms with van der Waals surface area (Å²) in [5, 5.41) is 8.92. The number of nitrogens with zero attached hydrogens (tertiary/aromatic N) is 1. The van der Waals surface area contributed by atoms with E-state index in [1.807, 2.05) is 0 Å². The third-order valence-corrected chi connectivity index (χ3v) is 2.46. The van der Waals surface area contributed by atoms with Gasteiger partial charge >= 0.3 is 5.97 Å².